The zero-order chi connectivity index (χ0) is 7.72. The van der Waals surface area contributed by atoms with Gasteiger partial charge in [0.25, 0.3) is 0 Å². The van der Waals surface area contributed by atoms with Crippen LogP contribution >= 0.6 is 23.2 Å². The third-order valence-corrected chi connectivity index (χ3v) is 1.84. The van der Waals surface area contributed by atoms with Gasteiger partial charge in [-0.3, -0.25) is 0 Å². The minimum absolute atomic E-state index is 0.0444. The smallest absolute Gasteiger partial charge is 0.308 e. The summed E-state index contributed by atoms with van der Waals surface area (Å²) in [5.41, 5.74) is 0.0542. The van der Waals surface area contributed by atoms with Crippen molar-refractivity contribution in [3.63, 3.8) is 0 Å². The highest BCUT2D eigenvalue weighted by Crippen LogP contribution is 2.18. The van der Waals surface area contributed by atoms with Crippen molar-refractivity contribution in [2.24, 2.45) is 0 Å². The van der Waals surface area contributed by atoms with Crippen molar-refractivity contribution in [1.82, 2.24) is 9.97 Å². The highest BCUT2D eigenvalue weighted by molar-refractivity contribution is 6.41. The summed E-state index contributed by atoms with van der Waals surface area (Å²) in [5, 5.41) is 0.337. The van der Waals surface area contributed by atoms with Crippen LogP contribution in [0.5, 0.6) is 0 Å². The van der Waals surface area contributed by atoms with Crippen LogP contribution in [0.2, 0.25) is 10.2 Å². The number of nitrogens with zero attached hydrogens (tertiary/aromatic N) is 1. The first-order valence-electron chi connectivity index (χ1n) is 2.53. The van der Waals surface area contributed by atoms with E-state index < -0.39 is 5.69 Å². The summed E-state index contributed by atoms with van der Waals surface area (Å²) >= 11 is 11.0. The average Bonchev–Trinajstić information content (AvgIpc) is 1.82. The van der Waals surface area contributed by atoms with Crippen LogP contribution in [0.15, 0.2) is 4.79 Å². The number of hydrogen-bond donors (Lipinski definition) is 1. The number of aromatic amines is 1. The van der Waals surface area contributed by atoms with Gasteiger partial charge in [-0.05, 0) is 6.92 Å². The maximum atomic E-state index is 10.6. The van der Waals surface area contributed by atoms with Crippen LogP contribution in [0.25, 0.3) is 0 Å². The first-order valence-corrected chi connectivity index (χ1v) is 3.29. The fraction of sp³-hybridized carbons (Fsp3) is 0.200. The maximum Gasteiger partial charge on any atom is 0.346 e. The van der Waals surface area contributed by atoms with Crippen molar-refractivity contribution in [2.75, 3.05) is 0 Å². The second-order valence-corrected chi connectivity index (χ2v) is 2.51. The highest BCUT2D eigenvalue weighted by Gasteiger charge is 2.02. The van der Waals surface area contributed by atoms with E-state index in [1.54, 1.807) is 6.92 Å². The highest BCUT2D eigenvalue weighted by atomic mass is 35.5. The summed E-state index contributed by atoms with van der Waals surface area (Å²) < 4.78 is 0. The molecule has 54 valence electrons. The van der Waals surface area contributed by atoms with Crippen LogP contribution in [0.3, 0.4) is 0 Å². The van der Waals surface area contributed by atoms with E-state index >= 15 is 0 Å². The van der Waals surface area contributed by atoms with Crippen molar-refractivity contribution in [1.29, 1.82) is 0 Å². The minimum Gasteiger partial charge on any atom is -0.308 e. The molecule has 0 spiro atoms. The second kappa shape index (κ2) is 2.60. The average molecular weight is 179 g/mol. The Bertz CT molecular complexity index is 281. The van der Waals surface area contributed by atoms with Gasteiger partial charge in [-0.2, -0.15) is 4.98 Å². The van der Waals surface area contributed by atoms with Crippen molar-refractivity contribution < 1.29 is 0 Å². The molecule has 0 fully saturated rings. The molecule has 0 atom stereocenters. The number of nitrogens with one attached hydrogen (secondary N) is 1. The molecule has 1 rings (SSSR count). The van der Waals surface area contributed by atoms with Gasteiger partial charge in [0.2, 0.25) is 0 Å². The molecule has 0 aliphatic carbocycles. The van der Waals surface area contributed by atoms with Gasteiger partial charge in [-0.15, -0.1) is 0 Å². The summed E-state index contributed by atoms with van der Waals surface area (Å²) in [6.45, 7) is 1.65. The Kier molecular flexibility index (Phi) is 1.97. The van der Waals surface area contributed by atoms with Gasteiger partial charge in [-0.25, -0.2) is 4.79 Å². The fourth-order valence-corrected chi connectivity index (χ4v) is 0.844. The van der Waals surface area contributed by atoms with Crippen LogP contribution in [0.4, 0.5) is 0 Å². The van der Waals surface area contributed by atoms with Gasteiger partial charge in [0.05, 0.1) is 5.02 Å². The Morgan fingerprint density at radius 3 is 2.60 bits per heavy atom. The number of aryl methyl sites for hydroxylation is 1. The summed E-state index contributed by atoms with van der Waals surface area (Å²) in [5.74, 6) is 0. The SMILES string of the molecule is Cc1[nH]c(=O)nc(Cl)c1Cl. The molecule has 10 heavy (non-hydrogen) atoms. The zero-order valence-electron chi connectivity index (χ0n) is 5.11. The number of hydrogen-bond acceptors (Lipinski definition) is 2. The molecular weight excluding hydrogens is 175 g/mol. The lowest BCUT2D eigenvalue weighted by molar-refractivity contribution is 1.03. The topological polar surface area (TPSA) is 45.8 Å². The first kappa shape index (κ1) is 7.57. The third-order valence-electron chi connectivity index (χ3n) is 1.00. The Balaban J connectivity index is 3.46. The summed E-state index contributed by atoms with van der Waals surface area (Å²) in [6.07, 6.45) is 0. The molecule has 5 heteroatoms. The summed E-state index contributed by atoms with van der Waals surface area (Å²) in [4.78, 5) is 16.3. The Labute approximate surface area is 67.0 Å². The maximum absolute atomic E-state index is 10.6. The largest absolute Gasteiger partial charge is 0.346 e. The van der Waals surface area contributed by atoms with E-state index in [0.717, 1.165) is 0 Å². The number of H-pyrrole nitrogens is 1. The van der Waals surface area contributed by atoms with E-state index in [9.17, 15) is 4.79 Å². The molecule has 0 aliphatic rings. The Morgan fingerprint density at radius 2 is 2.10 bits per heavy atom. The van der Waals surface area contributed by atoms with Crippen molar-refractivity contribution >= 4 is 23.2 Å². The van der Waals surface area contributed by atoms with Gasteiger partial charge < -0.3 is 4.98 Å². The van der Waals surface area contributed by atoms with Gasteiger partial charge in [0.15, 0.2) is 5.15 Å². The van der Waals surface area contributed by atoms with E-state index in [4.69, 9.17) is 23.2 Å². The molecule has 0 aliphatic heterocycles. The van der Waals surface area contributed by atoms with E-state index in [-0.39, 0.29) is 5.15 Å². The molecule has 0 saturated carbocycles. The molecule has 0 radical (unpaired) electrons. The number of halogens is 2. The van der Waals surface area contributed by atoms with Gasteiger partial charge in [0, 0.05) is 5.69 Å². The van der Waals surface area contributed by atoms with Crippen LogP contribution in [-0.4, -0.2) is 9.97 Å². The van der Waals surface area contributed by atoms with E-state index in [1.165, 1.54) is 0 Å². The van der Waals surface area contributed by atoms with Crippen LogP contribution < -0.4 is 5.69 Å². The predicted octanol–water partition coefficient (Wildman–Crippen LogP) is 1.39. The lowest BCUT2D eigenvalue weighted by atomic mass is 10.5. The van der Waals surface area contributed by atoms with Gasteiger partial charge in [0.1, 0.15) is 0 Å². The molecule has 0 bridgehead atoms. The molecule has 0 unspecified atom stereocenters. The molecule has 1 aromatic rings. The standard InChI is InChI=1S/C5H4Cl2N2O/c1-2-3(6)4(7)9-5(10)8-2/h1H3,(H,8,9,10). The van der Waals surface area contributed by atoms with E-state index in [0.29, 0.717) is 10.7 Å². The molecular formula is C5H4Cl2N2O. The van der Waals surface area contributed by atoms with Crippen molar-refractivity contribution in [3.05, 3.63) is 26.4 Å². The zero-order valence-corrected chi connectivity index (χ0v) is 6.62. The molecule has 1 heterocycles. The Hall–Kier alpha value is -0.540. The second-order valence-electron chi connectivity index (χ2n) is 1.77. The minimum atomic E-state index is -0.480. The summed E-state index contributed by atoms with van der Waals surface area (Å²) in [6, 6.07) is 0. The molecule has 3 nitrogen and oxygen atoms in total. The normalized spacial score (nSPS) is 9.90. The lowest BCUT2D eigenvalue weighted by Crippen LogP contribution is -2.11. The Morgan fingerprint density at radius 1 is 1.50 bits per heavy atom. The number of aromatic nitrogens is 2. The molecule has 0 aromatic carbocycles. The monoisotopic (exact) mass is 178 g/mol. The van der Waals surface area contributed by atoms with Crippen molar-refractivity contribution in [2.45, 2.75) is 6.92 Å². The number of rotatable bonds is 0. The van der Waals surface area contributed by atoms with Gasteiger partial charge >= 0.3 is 5.69 Å². The molecule has 1 N–H and O–H groups in total. The molecule has 1 aromatic heterocycles. The fourth-order valence-electron chi connectivity index (χ4n) is 0.536. The quantitative estimate of drug-likeness (QED) is 0.611. The van der Waals surface area contributed by atoms with Crippen LogP contribution in [0, 0.1) is 6.92 Å². The van der Waals surface area contributed by atoms with Crippen molar-refractivity contribution in [3.8, 4) is 0 Å². The third kappa shape index (κ3) is 1.30. The summed E-state index contributed by atoms with van der Waals surface area (Å²) in [7, 11) is 0. The molecule has 0 saturated heterocycles. The van der Waals surface area contributed by atoms with Gasteiger partial charge in [-0.1, -0.05) is 23.2 Å². The van der Waals surface area contributed by atoms with E-state index in [1.807, 2.05) is 0 Å². The lowest BCUT2D eigenvalue weighted by Gasteiger charge is -1.95. The van der Waals surface area contributed by atoms with Crippen LogP contribution in [0.1, 0.15) is 5.69 Å². The first-order chi connectivity index (χ1) is 4.61. The van der Waals surface area contributed by atoms with E-state index in [2.05, 4.69) is 9.97 Å². The van der Waals surface area contributed by atoms with Crippen LogP contribution in [-0.2, 0) is 0 Å². The molecule has 0 amide bonds. The predicted molar refractivity (Wildman–Crippen MR) is 39.6 cm³/mol.